The van der Waals surface area contributed by atoms with E-state index in [-0.39, 0.29) is 12.5 Å². The van der Waals surface area contributed by atoms with Gasteiger partial charge in [0, 0.05) is 25.3 Å². The first-order valence-electron chi connectivity index (χ1n) is 8.06. The lowest BCUT2D eigenvalue weighted by atomic mass is 10.2. The van der Waals surface area contributed by atoms with Crippen LogP contribution in [0.15, 0.2) is 54.9 Å². The highest BCUT2D eigenvalue weighted by molar-refractivity contribution is 5.80. The third kappa shape index (κ3) is 4.18. The molecule has 3 aromatic rings. The minimum atomic E-state index is -0.0830. The van der Waals surface area contributed by atoms with Crippen molar-refractivity contribution >= 4 is 22.6 Å². The average molecular weight is 332 g/mol. The maximum absolute atomic E-state index is 12.1. The Morgan fingerprint density at radius 3 is 2.68 bits per heavy atom. The van der Waals surface area contributed by atoms with Crippen LogP contribution in [0.1, 0.15) is 5.56 Å². The summed E-state index contributed by atoms with van der Waals surface area (Å²) in [5, 5.41) is 2.82. The third-order valence-corrected chi connectivity index (χ3v) is 3.83. The number of amides is 1. The molecule has 1 N–H and O–H groups in total. The van der Waals surface area contributed by atoms with Crippen LogP contribution in [0.3, 0.4) is 0 Å². The average Bonchev–Trinajstić information content (AvgIpc) is 3.02. The van der Waals surface area contributed by atoms with E-state index in [0.29, 0.717) is 6.54 Å². The third-order valence-electron chi connectivity index (χ3n) is 3.83. The number of carbonyl (C=O) groups excluding carboxylic acids is 1. The monoisotopic (exact) mass is 332 g/mol. The van der Waals surface area contributed by atoms with E-state index in [1.54, 1.807) is 6.33 Å². The second-order valence-corrected chi connectivity index (χ2v) is 5.88. The Balaban J connectivity index is 1.53. The van der Waals surface area contributed by atoms with Crippen molar-refractivity contribution < 1.29 is 4.79 Å². The largest absolute Gasteiger partial charge is 0.378 e. The maximum Gasteiger partial charge on any atom is 0.240 e. The van der Waals surface area contributed by atoms with E-state index in [4.69, 9.17) is 0 Å². The molecule has 0 radical (unpaired) electrons. The maximum atomic E-state index is 12.1. The fraction of sp³-hybridized carbons (Fsp3) is 0.200. The summed E-state index contributed by atoms with van der Waals surface area (Å²) in [5.41, 5.74) is 3.90. The number of anilines is 1. The van der Waals surface area contributed by atoms with Crippen molar-refractivity contribution in [2.24, 2.45) is 0 Å². The van der Waals surface area contributed by atoms with E-state index in [0.717, 1.165) is 22.3 Å². The Labute approximate surface area is 147 Å². The van der Waals surface area contributed by atoms with Crippen molar-refractivity contribution in [2.75, 3.05) is 25.5 Å². The minimum Gasteiger partial charge on any atom is -0.378 e. The van der Waals surface area contributed by atoms with Gasteiger partial charge in [0.25, 0.3) is 0 Å². The van der Waals surface area contributed by atoms with Crippen LogP contribution >= 0.6 is 0 Å². The molecule has 0 unspecified atom stereocenters. The van der Waals surface area contributed by atoms with Crippen LogP contribution in [-0.4, -0.2) is 36.1 Å². The van der Waals surface area contributed by atoms with Gasteiger partial charge in [0.1, 0.15) is 6.54 Å². The highest BCUT2D eigenvalue weighted by Crippen LogP contribution is 2.12. The zero-order valence-corrected chi connectivity index (χ0v) is 14.4. The molecule has 0 aliphatic carbocycles. The molecule has 1 heterocycles. The van der Waals surface area contributed by atoms with Crippen molar-refractivity contribution in [3.63, 3.8) is 0 Å². The van der Waals surface area contributed by atoms with Crippen LogP contribution in [0.4, 0.5) is 5.69 Å². The van der Waals surface area contributed by atoms with Gasteiger partial charge in [-0.2, -0.15) is 0 Å². The smallest absolute Gasteiger partial charge is 0.240 e. The van der Waals surface area contributed by atoms with E-state index >= 15 is 0 Å². The number of hydrogen-bond donors (Lipinski definition) is 1. The van der Waals surface area contributed by atoms with Gasteiger partial charge >= 0.3 is 0 Å². The summed E-state index contributed by atoms with van der Waals surface area (Å²) in [4.78, 5) is 18.4. The summed E-state index contributed by atoms with van der Waals surface area (Å²) >= 11 is 0. The van der Waals surface area contributed by atoms with Gasteiger partial charge in [0.05, 0.1) is 23.9 Å². The first-order chi connectivity index (χ1) is 12.1. The molecule has 0 saturated heterocycles. The van der Waals surface area contributed by atoms with Crippen LogP contribution in [0.5, 0.6) is 0 Å². The van der Waals surface area contributed by atoms with Gasteiger partial charge < -0.3 is 14.8 Å². The number of aromatic nitrogens is 2. The van der Waals surface area contributed by atoms with E-state index < -0.39 is 0 Å². The number of nitrogens with zero attached hydrogens (tertiary/aromatic N) is 3. The van der Waals surface area contributed by atoms with Crippen LogP contribution in [0.2, 0.25) is 0 Å². The van der Waals surface area contributed by atoms with Gasteiger partial charge in [0.15, 0.2) is 0 Å². The van der Waals surface area contributed by atoms with Crippen LogP contribution in [0.25, 0.3) is 11.0 Å². The summed E-state index contributed by atoms with van der Waals surface area (Å²) in [5.74, 6) is 5.95. The standard InChI is InChI=1S/C20H20N4O/c1-23(2)17-11-9-16(10-12-17)6-5-13-21-20(25)14-24-15-22-18-7-3-4-8-19(18)24/h3-4,7-12,15H,13-14H2,1-2H3,(H,21,25). The van der Waals surface area contributed by atoms with Gasteiger partial charge in [-0.25, -0.2) is 4.98 Å². The van der Waals surface area contributed by atoms with Gasteiger partial charge in [-0.15, -0.1) is 0 Å². The molecular formula is C20H20N4O. The van der Waals surface area contributed by atoms with Crippen LogP contribution in [-0.2, 0) is 11.3 Å². The Morgan fingerprint density at radius 2 is 1.92 bits per heavy atom. The molecule has 1 aromatic heterocycles. The summed E-state index contributed by atoms with van der Waals surface area (Å²) in [7, 11) is 4.00. The summed E-state index contributed by atoms with van der Waals surface area (Å²) in [6.07, 6.45) is 1.68. The minimum absolute atomic E-state index is 0.0830. The molecule has 2 aromatic carbocycles. The van der Waals surface area contributed by atoms with Crippen LogP contribution in [0, 0.1) is 11.8 Å². The quantitative estimate of drug-likeness (QED) is 0.746. The van der Waals surface area contributed by atoms with E-state index in [1.807, 2.05) is 72.1 Å². The molecule has 126 valence electrons. The zero-order valence-electron chi connectivity index (χ0n) is 14.4. The summed E-state index contributed by atoms with van der Waals surface area (Å²) in [6, 6.07) is 15.7. The second kappa shape index (κ2) is 7.54. The van der Waals surface area contributed by atoms with E-state index in [2.05, 4.69) is 22.1 Å². The molecule has 0 aliphatic heterocycles. The number of benzene rings is 2. The van der Waals surface area contributed by atoms with Gasteiger partial charge in [0.2, 0.25) is 5.91 Å². The highest BCUT2D eigenvalue weighted by Gasteiger charge is 2.05. The Hall–Kier alpha value is -3.26. The molecule has 1 amide bonds. The molecule has 3 rings (SSSR count). The predicted molar refractivity (Wildman–Crippen MR) is 100 cm³/mol. The zero-order chi connectivity index (χ0) is 17.6. The second-order valence-electron chi connectivity index (χ2n) is 5.88. The number of carbonyl (C=O) groups is 1. The molecular weight excluding hydrogens is 312 g/mol. The number of para-hydroxylation sites is 2. The molecule has 25 heavy (non-hydrogen) atoms. The molecule has 5 heteroatoms. The van der Waals surface area contributed by atoms with Crippen molar-refractivity contribution in [3.05, 3.63) is 60.4 Å². The topological polar surface area (TPSA) is 50.2 Å². The first kappa shape index (κ1) is 16.6. The van der Waals surface area contributed by atoms with Crippen molar-refractivity contribution in [1.82, 2.24) is 14.9 Å². The molecule has 0 spiro atoms. The predicted octanol–water partition coefficient (Wildman–Crippen LogP) is 2.27. The van der Waals surface area contributed by atoms with Gasteiger partial charge in [-0.1, -0.05) is 24.0 Å². The summed E-state index contributed by atoms with van der Waals surface area (Å²) in [6.45, 7) is 0.556. The SMILES string of the molecule is CN(C)c1ccc(C#CCNC(=O)Cn2cnc3ccccc32)cc1. The van der Waals surface area contributed by atoms with Crippen molar-refractivity contribution in [1.29, 1.82) is 0 Å². The number of fused-ring (bicyclic) bond motifs is 1. The number of hydrogen-bond acceptors (Lipinski definition) is 3. The Kier molecular flexibility index (Phi) is 5.00. The Bertz CT molecular complexity index is 929. The lowest BCUT2D eigenvalue weighted by Crippen LogP contribution is -2.27. The van der Waals surface area contributed by atoms with E-state index in [9.17, 15) is 4.79 Å². The van der Waals surface area contributed by atoms with Gasteiger partial charge in [-0.05, 0) is 36.4 Å². The molecule has 0 fully saturated rings. The lowest BCUT2D eigenvalue weighted by Gasteiger charge is -2.11. The molecule has 5 nitrogen and oxygen atoms in total. The molecule has 0 saturated carbocycles. The molecule has 0 aliphatic rings. The number of nitrogens with one attached hydrogen (secondary N) is 1. The number of rotatable bonds is 4. The van der Waals surface area contributed by atoms with E-state index in [1.165, 1.54) is 0 Å². The Morgan fingerprint density at radius 1 is 1.16 bits per heavy atom. The highest BCUT2D eigenvalue weighted by atomic mass is 16.1. The van der Waals surface area contributed by atoms with Crippen LogP contribution < -0.4 is 10.2 Å². The molecule has 0 bridgehead atoms. The first-order valence-corrected chi connectivity index (χ1v) is 8.06. The number of imidazole rings is 1. The van der Waals surface area contributed by atoms with Crippen molar-refractivity contribution in [2.45, 2.75) is 6.54 Å². The van der Waals surface area contributed by atoms with Crippen molar-refractivity contribution in [3.8, 4) is 11.8 Å². The normalized spacial score (nSPS) is 10.2. The fourth-order valence-electron chi connectivity index (χ4n) is 2.48. The lowest BCUT2D eigenvalue weighted by molar-refractivity contribution is -0.121. The van der Waals surface area contributed by atoms with Gasteiger partial charge in [-0.3, -0.25) is 4.79 Å². The fourth-order valence-corrected chi connectivity index (χ4v) is 2.48. The summed E-state index contributed by atoms with van der Waals surface area (Å²) < 4.78 is 1.83. The molecule has 0 atom stereocenters.